The monoisotopic (exact) mass is 219 g/mol. The molecule has 1 amide bonds. The molecule has 1 aromatic rings. The van der Waals surface area contributed by atoms with Gasteiger partial charge in [0.25, 0.3) is 0 Å². The number of hydrogen-bond acceptors (Lipinski definition) is 2. The maximum Gasteiger partial charge on any atom is 0.323 e. The molecule has 0 aromatic heterocycles. The number of carbonyl (C=O) groups is 2. The summed E-state index contributed by atoms with van der Waals surface area (Å²) in [6.07, 6.45) is 3.01. The SMILES string of the molecule is CN(CC(=O)O)C(=O)/C=C/c1ccccc1. The number of hydrogen-bond donors (Lipinski definition) is 1. The first-order valence-electron chi connectivity index (χ1n) is 4.79. The summed E-state index contributed by atoms with van der Waals surface area (Å²) in [5, 5.41) is 8.50. The van der Waals surface area contributed by atoms with E-state index in [1.807, 2.05) is 30.3 Å². The number of carboxylic acids is 1. The van der Waals surface area contributed by atoms with Gasteiger partial charge in [0.05, 0.1) is 0 Å². The maximum absolute atomic E-state index is 11.4. The van der Waals surface area contributed by atoms with E-state index >= 15 is 0 Å². The summed E-state index contributed by atoms with van der Waals surface area (Å²) in [5.41, 5.74) is 0.902. The average molecular weight is 219 g/mol. The van der Waals surface area contributed by atoms with Crippen molar-refractivity contribution < 1.29 is 14.7 Å². The molecule has 0 atom stereocenters. The zero-order valence-corrected chi connectivity index (χ0v) is 8.96. The number of amides is 1. The Hall–Kier alpha value is -2.10. The lowest BCUT2D eigenvalue weighted by Gasteiger charge is -2.11. The molecule has 16 heavy (non-hydrogen) atoms. The first-order chi connectivity index (χ1) is 7.59. The predicted molar refractivity (Wildman–Crippen MR) is 60.7 cm³/mol. The van der Waals surface area contributed by atoms with Crippen molar-refractivity contribution in [1.29, 1.82) is 0 Å². The lowest BCUT2D eigenvalue weighted by atomic mass is 10.2. The van der Waals surface area contributed by atoms with Gasteiger partial charge in [-0.1, -0.05) is 30.3 Å². The average Bonchev–Trinajstić information content (AvgIpc) is 2.26. The lowest BCUT2D eigenvalue weighted by Crippen LogP contribution is -2.30. The summed E-state index contributed by atoms with van der Waals surface area (Å²) < 4.78 is 0. The van der Waals surface area contributed by atoms with Crippen LogP contribution in [0.15, 0.2) is 36.4 Å². The van der Waals surface area contributed by atoms with Crippen molar-refractivity contribution in [3.63, 3.8) is 0 Å². The highest BCUT2D eigenvalue weighted by Crippen LogP contribution is 2.01. The van der Waals surface area contributed by atoms with Crippen molar-refractivity contribution >= 4 is 18.0 Å². The molecule has 0 radical (unpaired) electrons. The Labute approximate surface area is 93.8 Å². The molecule has 1 rings (SSSR count). The Balaban J connectivity index is 2.57. The Morgan fingerprint density at radius 2 is 1.94 bits per heavy atom. The van der Waals surface area contributed by atoms with Crippen LogP contribution < -0.4 is 0 Å². The van der Waals surface area contributed by atoms with Crippen molar-refractivity contribution in [2.24, 2.45) is 0 Å². The van der Waals surface area contributed by atoms with Gasteiger partial charge in [-0.3, -0.25) is 9.59 Å². The van der Waals surface area contributed by atoms with Crippen LogP contribution in [-0.4, -0.2) is 35.5 Å². The van der Waals surface area contributed by atoms with Gasteiger partial charge >= 0.3 is 5.97 Å². The molecule has 0 bridgehead atoms. The first-order valence-corrected chi connectivity index (χ1v) is 4.79. The zero-order valence-electron chi connectivity index (χ0n) is 8.96. The van der Waals surface area contributed by atoms with E-state index in [-0.39, 0.29) is 12.5 Å². The Kier molecular flexibility index (Phi) is 4.27. The van der Waals surface area contributed by atoms with Crippen LogP contribution in [0.1, 0.15) is 5.56 Å². The summed E-state index contributed by atoms with van der Waals surface area (Å²) in [6.45, 7) is -0.294. The molecule has 4 nitrogen and oxygen atoms in total. The number of rotatable bonds is 4. The van der Waals surface area contributed by atoms with E-state index in [1.54, 1.807) is 6.08 Å². The summed E-state index contributed by atoms with van der Waals surface area (Å²) in [5.74, 6) is -1.35. The Morgan fingerprint density at radius 1 is 1.31 bits per heavy atom. The fourth-order valence-corrected chi connectivity index (χ4v) is 1.14. The third-order valence-corrected chi connectivity index (χ3v) is 1.97. The highest BCUT2D eigenvalue weighted by Gasteiger charge is 2.08. The Morgan fingerprint density at radius 3 is 2.50 bits per heavy atom. The lowest BCUT2D eigenvalue weighted by molar-refractivity contribution is -0.141. The number of benzene rings is 1. The molecular formula is C12H13NO3. The number of carboxylic acid groups (broad SMARTS) is 1. The van der Waals surface area contributed by atoms with Gasteiger partial charge in [-0.25, -0.2) is 0 Å². The molecule has 0 spiro atoms. The topological polar surface area (TPSA) is 57.6 Å². The molecule has 0 aliphatic rings. The van der Waals surface area contributed by atoms with Crippen LogP contribution in [0.25, 0.3) is 6.08 Å². The predicted octanol–water partition coefficient (Wildman–Crippen LogP) is 1.24. The molecule has 0 fully saturated rings. The molecule has 0 aliphatic carbocycles. The van der Waals surface area contributed by atoms with E-state index in [2.05, 4.69) is 0 Å². The van der Waals surface area contributed by atoms with E-state index in [4.69, 9.17) is 5.11 Å². The molecule has 1 N–H and O–H groups in total. The number of aliphatic carboxylic acids is 1. The van der Waals surface area contributed by atoms with E-state index in [0.29, 0.717) is 0 Å². The number of likely N-dealkylation sites (N-methyl/N-ethyl adjacent to an activating group) is 1. The molecule has 4 heteroatoms. The highest BCUT2D eigenvalue weighted by atomic mass is 16.4. The molecule has 0 heterocycles. The fraction of sp³-hybridized carbons (Fsp3) is 0.167. The summed E-state index contributed by atoms with van der Waals surface area (Å²) in [7, 11) is 1.45. The van der Waals surface area contributed by atoms with E-state index in [9.17, 15) is 9.59 Å². The summed E-state index contributed by atoms with van der Waals surface area (Å²) in [6, 6.07) is 9.34. The van der Waals surface area contributed by atoms with Crippen molar-refractivity contribution in [2.45, 2.75) is 0 Å². The molecular weight excluding hydrogens is 206 g/mol. The number of nitrogens with zero attached hydrogens (tertiary/aromatic N) is 1. The minimum atomic E-state index is -1.02. The molecule has 0 aliphatic heterocycles. The van der Waals surface area contributed by atoms with Gasteiger partial charge in [0.15, 0.2) is 0 Å². The van der Waals surface area contributed by atoms with Crippen LogP contribution >= 0.6 is 0 Å². The van der Waals surface area contributed by atoms with Crippen molar-refractivity contribution in [2.75, 3.05) is 13.6 Å². The quantitative estimate of drug-likeness (QED) is 0.775. The van der Waals surface area contributed by atoms with E-state index in [1.165, 1.54) is 13.1 Å². The second-order valence-electron chi connectivity index (χ2n) is 3.33. The van der Waals surface area contributed by atoms with Crippen LogP contribution in [0, 0.1) is 0 Å². The van der Waals surface area contributed by atoms with E-state index in [0.717, 1.165) is 10.5 Å². The van der Waals surface area contributed by atoms with Crippen molar-refractivity contribution in [3.05, 3.63) is 42.0 Å². The third-order valence-electron chi connectivity index (χ3n) is 1.97. The second kappa shape index (κ2) is 5.70. The standard InChI is InChI=1S/C12H13NO3/c1-13(9-12(15)16)11(14)8-7-10-5-3-2-4-6-10/h2-8H,9H2,1H3,(H,15,16)/b8-7+. The smallest absolute Gasteiger partial charge is 0.323 e. The van der Waals surface area contributed by atoms with Crippen LogP contribution in [-0.2, 0) is 9.59 Å². The normalized spacial score (nSPS) is 10.3. The van der Waals surface area contributed by atoms with Crippen molar-refractivity contribution in [3.8, 4) is 0 Å². The molecule has 1 aromatic carbocycles. The largest absolute Gasteiger partial charge is 0.480 e. The highest BCUT2D eigenvalue weighted by molar-refractivity contribution is 5.93. The van der Waals surface area contributed by atoms with Gasteiger partial charge < -0.3 is 10.0 Å². The molecule has 0 saturated heterocycles. The summed E-state index contributed by atoms with van der Waals surface area (Å²) in [4.78, 5) is 22.9. The second-order valence-corrected chi connectivity index (χ2v) is 3.33. The van der Waals surface area contributed by atoms with Gasteiger partial charge in [0, 0.05) is 13.1 Å². The van der Waals surface area contributed by atoms with Gasteiger partial charge in [0.1, 0.15) is 6.54 Å². The minimum absolute atomic E-state index is 0.294. The third kappa shape index (κ3) is 3.96. The van der Waals surface area contributed by atoms with Gasteiger partial charge in [0.2, 0.25) is 5.91 Å². The van der Waals surface area contributed by atoms with Gasteiger partial charge in [-0.05, 0) is 11.6 Å². The molecule has 0 unspecified atom stereocenters. The van der Waals surface area contributed by atoms with Crippen LogP contribution in [0.3, 0.4) is 0 Å². The molecule has 84 valence electrons. The summed E-state index contributed by atoms with van der Waals surface area (Å²) >= 11 is 0. The van der Waals surface area contributed by atoms with Crippen LogP contribution in [0.2, 0.25) is 0 Å². The number of carbonyl (C=O) groups excluding carboxylic acids is 1. The Bertz CT molecular complexity index is 398. The fourth-order valence-electron chi connectivity index (χ4n) is 1.14. The van der Waals surface area contributed by atoms with Crippen molar-refractivity contribution in [1.82, 2.24) is 4.90 Å². The van der Waals surface area contributed by atoms with Crippen LogP contribution in [0.5, 0.6) is 0 Å². The van der Waals surface area contributed by atoms with E-state index < -0.39 is 5.97 Å². The zero-order chi connectivity index (χ0) is 12.0. The molecule has 0 saturated carbocycles. The van der Waals surface area contributed by atoms with Crippen LogP contribution in [0.4, 0.5) is 0 Å². The van der Waals surface area contributed by atoms with Gasteiger partial charge in [-0.2, -0.15) is 0 Å². The maximum atomic E-state index is 11.4. The first kappa shape index (κ1) is 12.0. The van der Waals surface area contributed by atoms with Gasteiger partial charge in [-0.15, -0.1) is 0 Å². The minimum Gasteiger partial charge on any atom is -0.480 e.